The van der Waals surface area contributed by atoms with Gasteiger partial charge in [-0.1, -0.05) is 31.2 Å². The minimum Gasteiger partial charge on any atom is -0.381 e. The van der Waals surface area contributed by atoms with Crippen LogP contribution in [0.5, 0.6) is 0 Å². The van der Waals surface area contributed by atoms with Crippen molar-refractivity contribution in [1.82, 2.24) is 0 Å². The highest BCUT2D eigenvalue weighted by molar-refractivity contribution is 8.13. The molecule has 0 aromatic rings. The fraction of sp³-hybridized carbons (Fsp3) is 0.818. The number of ketones is 1. The van der Waals surface area contributed by atoms with Crippen molar-refractivity contribution in [2.24, 2.45) is 34.5 Å². The van der Waals surface area contributed by atoms with Crippen molar-refractivity contribution in [3.63, 3.8) is 0 Å². The Hall–Kier alpha value is -0.610. The lowest BCUT2D eigenvalue weighted by Gasteiger charge is -2.58. The van der Waals surface area contributed by atoms with E-state index < -0.39 is 6.10 Å². The normalized spacial score (nSPS) is 47.6. The monoisotopic (exact) mass is 376 g/mol. The Morgan fingerprint density at radius 2 is 2.12 bits per heavy atom. The van der Waals surface area contributed by atoms with Crippen LogP contribution >= 0.6 is 11.8 Å². The van der Waals surface area contributed by atoms with Crippen molar-refractivity contribution >= 4 is 22.7 Å². The molecule has 0 spiro atoms. The van der Waals surface area contributed by atoms with Crippen LogP contribution in [0.1, 0.15) is 65.7 Å². The van der Waals surface area contributed by atoms with Gasteiger partial charge in [-0.25, -0.2) is 0 Å². The molecule has 7 atom stereocenters. The van der Waals surface area contributed by atoms with Gasteiger partial charge in [0, 0.05) is 24.5 Å². The van der Waals surface area contributed by atoms with Crippen molar-refractivity contribution < 1.29 is 14.7 Å². The van der Waals surface area contributed by atoms with Gasteiger partial charge in [-0.05, 0) is 73.7 Å². The first-order chi connectivity index (χ1) is 12.2. The fourth-order valence-corrected chi connectivity index (χ4v) is 8.24. The van der Waals surface area contributed by atoms with E-state index in [0.29, 0.717) is 29.4 Å². The second-order valence-electron chi connectivity index (χ2n) is 9.87. The van der Waals surface area contributed by atoms with Gasteiger partial charge in [0.05, 0.1) is 0 Å². The molecule has 1 N–H and O–H groups in total. The molecule has 144 valence electrons. The predicted molar refractivity (Wildman–Crippen MR) is 105 cm³/mol. The van der Waals surface area contributed by atoms with Gasteiger partial charge >= 0.3 is 0 Å². The molecule has 0 aromatic carbocycles. The van der Waals surface area contributed by atoms with E-state index in [1.165, 1.54) is 49.4 Å². The molecule has 0 saturated heterocycles. The first kappa shape index (κ1) is 18.7. The lowest BCUT2D eigenvalue weighted by Crippen LogP contribution is -2.53. The van der Waals surface area contributed by atoms with Crippen LogP contribution in [0.25, 0.3) is 0 Å². The Labute approximate surface area is 161 Å². The summed E-state index contributed by atoms with van der Waals surface area (Å²) >= 11 is 1.38. The Morgan fingerprint density at radius 3 is 2.85 bits per heavy atom. The molecule has 4 aliphatic rings. The van der Waals surface area contributed by atoms with E-state index >= 15 is 0 Å². The SMILES string of the molecule is CC(=O)SC[C@]12CC(=O)C(O)C=C1CC[C@@H]1[C@H]2CC[C@]2(C)CC(C)C[C@@H]12. The summed E-state index contributed by atoms with van der Waals surface area (Å²) in [5.41, 5.74) is 1.55. The van der Waals surface area contributed by atoms with Gasteiger partial charge < -0.3 is 5.11 Å². The van der Waals surface area contributed by atoms with Gasteiger partial charge in [0.25, 0.3) is 0 Å². The second kappa shape index (κ2) is 6.48. The summed E-state index contributed by atoms with van der Waals surface area (Å²) in [4.78, 5) is 24.3. The molecule has 0 aliphatic heterocycles. The number of fused-ring (bicyclic) bond motifs is 5. The summed E-state index contributed by atoms with van der Waals surface area (Å²) in [6, 6.07) is 0. The number of hydrogen-bond acceptors (Lipinski definition) is 4. The molecule has 0 aromatic heterocycles. The van der Waals surface area contributed by atoms with E-state index in [0.717, 1.165) is 18.3 Å². The standard InChI is InChI=1S/C22H32O3S/c1-13-8-18-16-5-4-15-9-19(24)20(25)11-22(15,12-26-14(2)23)17(16)6-7-21(18,3)10-13/h9,13,16-19,24H,4-8,10-12H2,1-3H3/t13?,16-,17-,18+,19?,21-,22-/m1/s1. The second-order valence-corrected chi connectivity index (χ2v) is 11.0. The van der Waals surface area contributed by atoms with E-state index in [4.69, 9.17) is 0 Å². The van der Waals surface area contributed by atoms with E-state index in [2.05, 4.69) is 13.8 Å². The molecular weight excluding hydrogens is 344 g/mol. The van der Waals surface area contributed by atoms with E-state index in [-0.39, 0.29) is 16.3 Å². The predicted octanol–water partition coefficient (Wildman–Crippen LogP) is 4.39. The van der Waals surface area contributed by atoms with Crippen molar-refractivity contribution in [3.05, 3.63) is 11.6 Å². The number of hydrogen-bond donors (Lipinski definition) is 1. The summed E-state index contributed by atoms with van der Waals surface area (Å²) < 4.78 is 0. The zero-order valence-electron chi connectivity index (χ0n) is 16.3. The van der Waals surface area contributed by atoms with Gasteiger partial charge in [0.15, 0.2) is 10.9 Å². The molecule has 3 nitrogen and oxygen atoms in total. The highest BCUT2D eigenvalue weighted by Gasteiger charge is 2.59. The number of aliphatic hydroxyl groups is 1. The minimum absolute atomic E-state index is 0.0494. The van der Waals surface area contributed by atoms with Crippen molar-refractivity contribution in [3.8, 4) is 0 Å². The molecule has 4 aliphatic carbocycles. The van der Waals surface area contributed by atoms with E-state index in [9.17, 15) is 14.7 Å². The molecule has 2 unspecified atom stereocenters. The lowest BCUT2D eigenvalue weighted by atomic mass is 9.47. The lowest BCUT2D eigenvalue weighted by molar-refractivity contribution is -0.131. The molecule has 4 rings (SSSR count). The van der Waals surface area contributed by atoms with E-state index in [1.54, 1.807) is 6.92 Å². The van der Waals surface area contributed by atoms with Crippen LogP contribution < -0.4 is 0 Å². The molecule has 26 heavy (non-hydrogen) atoms. The number of Topliss-reactive ketones (excluding diaryl/α,β-unsaturated/α-hetero) is 1. The van der Waals surface area contributed by atoms with Crippen molar-refractivity contribution in [1.29, 1.82) is 0 Å². The molecule has 0 radical (unpaired) electrons. The van der Waals surface area contributed by atoms with Gasteiger partial charge in [-0.15, -0.1) is 0 Å². The van der Waals surface area contributed by atoms with Crippen LogP contribution in [0.15, 0.2) is 11.6 Å². The third-order valence-electron chi connectivity index (χ3n) is 8.23. The molecule has 0 heterocycles. The summed E-state index contributed by atoms with van der Waals surface area (Å²) in [5.74, 6) is 3.40. The van der Waals surface area contributed by atoms with Gasteiger partial charge in [-0.3, -0.25) is 9.59 Å². The van der Waals surface area contributed by atoms with Crippen molar-refractivity contribution in [2.45, 2.75) is 71.8 Å². The number of aliphatic hydroxyl groups excluding tert-OH is 1. The zero-order valence-corrected chi connectivity index (χ0v) is 17.1. The maximum absolute atomic E-state index is 12.5. The van der Waals surface area contributed by atoms with Crippen molar-refractivity contribution in [2.75, 3.05) is 5.75 Å². The number of allylic oxidation sites excluding steroid dienone is 1. The maximum atomic E-state index is 12.5. The van der Waals surface area contributed by atoms with Crippen LogP contribution in [-0.2, 0) is 9.59 Å². The highest BCUT2D eigenvalue weighted by Crippen LogP contribution is 2.66. The molecule has 3 saturated carbocycles. The molecular formula is C22H32O3S. The number of rotatable bonds is 2. The Balaban J connectivity index is 1.72. The maximum Gasteiger partial charge on any atom is 0.185 e. The molecule has 4 heteroatoms. The fourth-order valence-electron chi connectivity index (χ4n) is 7.28. The Bertz CT molecular complexity index is 656. The molecule has 0 amide bonds. The first-order valence-corrected chi connectivity index (χ1v) is 11.3. The van der Waals surface area contributed by atoms with Gasteiger partial charge in [0.1, 0.15) is 6.10 Å². The quantitative estimate of drug-likeness (QED) is 0.727. The largest absolute Gasteiger partial charge is 0.381 e. The minimum atomic E-state index is -0.933. The first-order valence-electron chi connectivity index (χ1n) is 10.3. The van der Waals surface area contributed by atoms with E-state index in [1.807, 2.05) is 6.08 Å². The smallest absolute Gasteiger partial charge is 0.185 e. The summed E-state index contributed by atoms with van der Waals surface area (Å²) in [6.07, 6.45) is 8.61. The third-order valence-corrected chi connectivity index (χ3v) is 9.30. The molecule has 0 bridgehead atoms. The van der Waals surface area contributed by atoms with Crippen LogP contribution in [0.2, 0.25) is 0 Å². The van der Waals surface area contributed by atoms with Gasteiger partial charge in [0.2, 0.25) is 0 Å². The van der Waals surface area contributed by atoms with Crippen LogP contribution in [0, 0.1) is 34.5 Å². The summed E-state index contributed by atoms with van der Waals surface area (Å²) in [6.45, 7) is 6.52. The summed E-state index contributed by atoms with van der Waals surface area (Å²) in [5, 5.41) is 10.3. The average molecular weight is 377 g/mol. The molecule has 3 fully saturated rings. The Morgan fingerprint density at radius 1 is 1.35 bits per heavy atom. The highest BCUT2D eigenvalue weighted by atomic mass is 32.2. The number of carbonyl (C=O) groups is 2. The Kier molecular flexibility index (Phi) is 4.67. The number of thioether (sulfide) groups is 1. The average Bonchev–Trinajstić information content (AvgIpc) is 2.88. The zero-order chi connectivity index (χ0) is 18.7. The topological polar surface area (TPSA) is 54.4 Å². The van der Waals surface area contributed by atoms with Gasteiger partial charge in [-0.2, -0.15) is 0 Å². The van der Waals surface area contributed by atoms with Crippen LogP contribution in [-0.4, -0.2) is 27.9 Å². The third kappa shape index (κ3) is 2.83. The summed E-state index contributed by atoms with van der Waals surface area (Å²) in [7, 11) is 0. The number of carbonyl (C=O) groups excluding carboxylic acids is 2. The van der Waals surface area contributed by atoms with Crippen LogP contribution in [0.3, 0.4) is 0 Å². The van der Waals surface area contributed by atoms with Crippen LogP contribution in [0.4, 0.5) is 0 Å².